The van der Waals surface area contributed by atoms with E-state index in [4.69, 9.17) is 6.57 Å². The van der Waals surface area contributed by atoms with Gasteiger partial charge in [0.1, 0.15) is 5.75 Å². The van der Waals surface area contributed by atoms with Crippen LogP contribution in [0.15, 0.2) is 18.2 Å². The maximum Gasteiger partial charge on any atom is 0.534 e. The van der Waals surface area contributed by atoms with Gasteiger partial charge >= 0.3 is 15.6 Å². The van der Waals surface area contributed by atoms with E-state index in [-0.39, 0.29) is 11.1 Å². The number of alkyl halides is 3. The van der Waals surface area contributed by atoms with Gasteiger partial charge in [0, 0.05) is 0 Å². The second-order valence-corrected chi connectivity index (χ2v) is 9.55. The summed E-state index contributed by atoms with van der Waals surface area (Å²) in [6.45, 7) is 7.23. The number of nitrogens with zero attached hydrogens (tertiary/aromatic N) is 1. The molecule has 0 spiro atoms. The third-order valence-electron chi connectivity index (χ3n) is 6.16. The lowest BCUT2D eigenvalue weighted by Gasteiger charge is -2.57. The molecule has 8 heteroatoms. The zero-order valence-corrected chi connectivity index (χ0v) is 14.7. The Labute approximate surface area is 150 Å². The van der Waals surface area contributed by atoms with Gasteiger partial charge in [0.15, 0.2) is 5.69 Å². The summed E-state index contributed by atoms with van der Waals surface area (Å²) in [6.07, 6.45) is 6.46. The number of hydrogen-bond donors (Lipinski definition) is 0. The summed E-state index contributed by atoms with van der Waals surface area (Å²) < 4.78 is 65.0. The fourth-order valence-electron chi connectivity index (χ4n) is 5.64. The van der Waals surface area contributed by atoms with E-state index in [1.165, 1.54) is 25.3 Å². The molecular weight excluding hydrogens is 367 g/mol. The number of halogens is 3. The monoisotopic (exact) mass is 385 g/mol. The average molecular weight is 385 g/mol. The molecule has 4 nitrogen and oxygen atoms in total. The van der Waals surface area contributed by atoms with Gasteiger partial charge in [-0.15, -0.1) is 0 Å². The average Bonchev–Trinajstić information content (AvgIpc) is 2.51. The minimum Gasteiger partial charge on any atom is -0.377 e. The zero-order chi connectivity index (χ0) is 18.7. The van der Waals surface area contributed by atoms with E-state index in [1.807, 2.05) is 0 Å². The first kappa shape index (κ1) is 17.7. The smallest absolute Gasteiger partial charge is 0.377 e. The van der Waals surface area contributed by atoms with E-state index in [2.05, 4.69) is 9.03 Å². The van der Waals surface area contributed by atoms with E-state index in [0.717, 1.165) is 30.9 Å². The molecule has 4 fully saturated rings. The van der Waals surface area contributed by atoms with Gasteiger partial charge in [0.25, 0.3) is 0 Å². The maximum absolute atomic E-state index is 12.6. The van der Waals surface area contributed by atoms with Crippen LogP contribution in [0.3, 0.4) is 0 Å². The topological polar surface area (TPSA) is 47.7 Å². The maximum atomic E-state index is 12.6. The number of rotatable bonds is 3. The Balaban J connectivity index is 1.73. The lowest BCUT2D eigenvalue weighted by atomic mass is 9.48. The van der Waals surface area contributed by atoms with Crippen molar-refractivity contribution in [1.29, 1.82) is 0 Å². The molecule has 0 unspecified atom stereocenters. The summed E-state index contributed by atoms with van der Waals surface area (Å²) in [4.78, 5) is 3.31. The van der Waals surface area contributed by atoms with E-state index >= 15 is 0 Å². The third kappa shape index (κ3) is 2.86. The van der Waals surface area contributed by atoms with Crippen LogP contribution >= 0.6 is 0 Å². The molecular formula is C18H18F3NO3S. The van der Waals surface area contributed by atoms with Gasteiger partial charge in [-0.2, -0.15) is 21.6 Å². The lowest BCUT2D eigenvalue weighted by molar-refractivity contribution is -0.0500. The molecule has 4 aliphatic rings. The summed E-state index contributed by atoms with van der Waals surface area (Å²) in [5, 5.41) is 0. The Bertz CT molecular complexity index is 851. The Morgan fingerprint density at radius 3 is 2.04 bits per heavy atom. The predicted octanol–water partition coefficient (Wildman–Crippen LogP) is 4.93. The van der Waals surface area contributed by atoms with Gasteiger partial charge < -0.3 is 4.18 Å². The summed E-state index contributed by atoms with van der Waals surface area (Å²) in [7, 11) is -5.75. The predicted molar refractivity (Wildman–Crippen MR) is 88.2 cm³/mol. The first-order valence-electron chi connectivity index (χ1n) is 8.64. The molecule has 4 bridgehead atoms. The molecule has 4 saturated carbocycles. The van der Waals surface area contributed by atoms with E-state index < -0.39 is 21.4 Å². The van der Waals surface area contributed by atoms with Crippen molar-refractivity contribution in [3.05, 3.63) is 35.2 Å². The molecule has 0 amide bonds. The van der Waals surface area contributed by atoms with Gasteiger partial charge in [-0.05, 0) is 79.4 Å². The molecule has 26 heavy (non-hydrogen) atoms. The van der Waals surface area contributed by atoms with Gasteiger partial charge in [-0.1, -0.05) is 6.07 Å². The standard InChI is InChI=1S/C18H18F3NO3S/c1-22-15-5-14(6-16(7-15)25-26(23,24)18(19,20)21)17-8-11-2-12(9-17)4-13(3-11)10-17/h5-7,11-13H,2-4,8-10H2. The Morgan fingerprint density at radius 1 is 1.04 bits per heavy atom. The van der Waals surface area contributed by atoms with Crippen LogP contribution < -0.4 is 4.18 Å². The highest BCUT2D eigenvalue weighted by Crippen LogP contribution is 2.61. The second-order valence-electron chi connectivity index (χ2n) is 8.01. The molecule has 0 aromatic heterocycles. The molecule has 0 heterocycles. The van der Waals surface area contributed by atoms with E-state index in [1.54, 1.807) is 6.07 Å². The normalized spacial score (nSPS) is 33.1. The fourth-order valence-corrected chi connectivity index (χ4v) is 6.08. The first-order chi connectivity index (χ1) is 12.1. The molecule has 5 rings (SSSR count). The van der Waals surface area contributed by atoms with Crippen molar-refractivity contribution in [2.75, 3.05) is 0 Å². The number of benzene rings is 1. The Kier molecular flexibility index (Phi) is 3.82. The van der Waals surface area contributed by atoms with Crippen molar-refractivity contribution in [1.82, 2.24) is 0 Å². The molecule has 0 atom stereocenters. The minimum absolute atomic E-state index is 0.102. The summed E-state index contributed by atoms with van der Waals surface area (Å²) >= 11 is 0. The van der Waals surface area contributed by atoms with Crippen molar-refractivity contribution >= 4 is 15.8 Å². The molecule has 1 aromatic carbocycles. The Morgan fingerprint density at radius 2 is 1.58 bits per heavy atom. The highest BCUT2D eigenvalue weighted by molar-refractivity contribution is 7.88. The van der Waals surface area contributed by atoms with Crippen LogP contribution in [0.5, 0.6) is 5.75 Å². The van der Waals surface area contributed by atoms with Crippen LogP contribution in [-0.2, 0) is 15.5 Å². The SMILES string of the molecule is [C-]#[N+]c1cc(OS(=O)(=O)C(F)(F)F)cc(C23CC4CC(CC(C4)C2)C3)c1. The van der Waals surface area contributed by atoms with Crippen molar-refractivity contribution in [3.8, 4) is 5.75 Å². The van der Waals surface area contributed by atoms with Crippen molar-refractivity contribution in [2.24, 2.45) is 17.8 Å². The summed E-state index contributed by atoms with van der Waals surface area (Å²) in [5.74, 6) is 1.41. The van der Waals surface area contributed by atoms with Crippen LogP contribution in [0.4, 0.5) is 18.9 Å². The molecule has 0 aliphatic heterocycles. The highest BCUT2D eigenvalue weighted by atomic mass is 32.2. The summed E-state index contributed by atoms with van der Waals surface area (Å²) in [5.41, 5.74) is -4.82. The molecule has 0 N–H and O–H groups in total. The molecule has 1 aromatic rings. The molecule has 140 valence electrons. The highest BCUT2D eigenvalue weighted by Gasteiger charge is 2.52. The van der Waals surface area contributed by atoms with Crippen LogP contribution in [0.1, 0.15) is 44.1 Å². The first-order valence-corrected chi connectivity index (χ1v) is 10.0. The molecule has 0 radical (unpaired) electrons. The molecule has 0 saturated heterocycles. The fraction of sp³-hybridized carbons (Fsp3) is 0.611. The zero-order valence-electron chi connectivity index (χ0n) is 13.9. The third-order valence-corrected chi connectivity index (χ3v) is 7.14. The number of hydrogen-bond acceptors (Lipinski definition) is 3. The summed E-state index contributed by atoms with van der Waals surface area (Å²) in [6, 6.07) is 4.14. The Hall–Kier alpha value is -1.75. The van der Waals surface area contributed by atoms with Crippen molar-refractivity contribution in [3.63, 3.8) is 0 Å². The minimum atomic E-state index is -5.75. The second kappa shape index (κ2) is 5.62. The van der Waals surface area contributed by atoms with Gasteiger partial charge in [0.05, 0.1) is 6.57 Å². The van der Waals surface area contributed by atoms with Gasteiger partial charge in [0.2, 0.25) is 0 Å². The van der Waals surface area contributed by atoms with Gasteiger partial charge in [-0.3, -0.25) is 0 Å². The van der Waals surface area contributed by atoms with Crippen molar-refractivity contribution < 1.29 is 25.8 Å². The van der Waals surface area contributed by atoms with E-state index in [0.29, 0.717) is 17.8 Å². The van der Waals surface area contributed by atoms with Crippen LogP contribution in [-0.4, -0.2) is 13.9 Å². The quantitative estimate of drug-likeness (QED) is 0.421. The largest absolute Gasteiger partial charge is 0.534 e. The molecule has 4 aliphatic carbocycles. The van der Waals surface area contributed by atoms with Crippen molar-refractivity contribution in [2.45, 2.75) is 49.4 Å². The lowest BCUT2D eigenvalue weighted by Crippen LogP contribution is -2.48. The van der Waals surface area contributed by atoms with Crippen LogP contribution in [0, 0.1) is 24.3 Å². The van der Waals surface area contributed by atoms with Crippen LogP contribution in [0.25, 0.3) is 4.85 Å². The van der Waals surface area contributed by atoms with E-state index in [9.17, 15) is 21.6 Å². The van der Waals surface area contributed by atoms with Crippen LogP contribution in [0.2, 0.25) is 0 Å². The van der Waals surface area contributed by atoms with Gasteiger partial charge in [-0.25, -0.2) is 4.85 Å².